The Bertz CT molecular complexity index is 453. The second-order valence-electron chi connectivity index (χ2n) is 4.98. The molecule has 0 saturated heterocycles. The van der Waals surface area contributed by atoms with Gasteiger partial charge in [-0.3, -0.25) is 4.79 Å². The third kappa shape index (κ3) is 6.22. The van der Waals surface area contributed by atoms with Gasteiger partial charge in [-0.25, -0.2) is 0 Å². The van der Waals surface area contributed by atoms with Crippen LogP contribution < -0.4 is 10.1 Å². The first-order valence-electron chi connectivity index (χ1n) is 6.70. The Kier molecular flexibility index (Phi) is 6.56. The van der Waals surface area contributed by atoms with Crippen molar-refractivity contribution < 1.29 is 14.7 Å². The summed E-state index contributed by atoms with van der Waals surface area (Å²) in [7, 11) is 0. The average Bonchev–Trinajstić information content (AvgIpc) is 2.39. The predicted molar refractivity (Wildman–Crippen MR) is 78.4 cm³/mol. The first-order valence-corrected chi connectivity index (χ1v) is 6.70. The highest BCUT2D eigenvalue weighted by atomic mass is 16.5. The maximum atomic E-state index is 11.4. The lowest BCUT2D eigenvalue weighted by Crippen LogP contribution is -2.31. The van der Waals surface area contributed by atoms with Crippen LogP contribution in [0.3, 0.4) is 0 Å². The summed E-state index contributed by atoms with van der Waals surface area (Å²) < 4.78 is 5.50. The molecule has 0 atom stereocenters. The van der Waals surface area contributed by atoms with Crippen LogP contribution >= 0.6 is 0 Å². The van der Waals surface area contributed by atoms with Gasteiger partial charge < -0.3 is 15.3 Å². The van der Waals surface area contributed by atoms with E-state index in [0.717, 1.165) is 11.3 Å². The third-order valence-corrected chi connectivity index (χ3v) is 2.60. The second kappa shape index (κ2) is 8.19. The molecule has 0 spiro atoms. The molecule has 0 aromatic heterocycles. The van der Waals surface area contributed by atoms with Crippen molar-refractivity contribution in [1.82, 2.24) is 5.32 Å². The van der Waals surface area contributed by atoms with Gasteiger partial charge in [0.2, 0.25) is 5.91 Å². The van der Waals surface area contributed by atoms with Crippen LogP contribution in [0.4, 0.5) is 0 Å². The van der Waals surface area contributed by atoms with Crippen molar-refractivity contribution in [3.63, 3.8) is 0 Å². The van der Waals surface area contributed by atoms with Crippen molar-refractivity contribution in [2.45, 2.75) is 39.7 Å². The minimum absolute atomic E-state index is 0.00796. The average molecular weight is 278 g/mol. The van der Waals surface area contributed by atoms with Crippen molar-refractivity contribution in [3.8, 4) is 5.75 Å². The quantitative estimate of drug-likeness (QED) is 0.457. The molecule has 2 N–H and O–H groups in total. The summed E-state index contributed by atoms with van der Waals surface area (Å²) in [4.78, 5) is 11.4. The Hall–Kier alpha value is -2.04. The molecular weight excluding hydrogens is 256 g/mol. The van der Waals surface area contributed by atoms with Crippen LogP contribution in [0.5, 0.6) is 5.75 Å². The zero-order valence-corrected chi connectivity index (χ0v) is 12.2. The number of carbonyl (C=O) groups is 1. The lowest BCUT2D eigenvalue weighted by atomic mass is 10.1. The molecule has 0 aliphatic rings. The molecule has 0 saturated carbocycles. The maximum absolute atomic E-state index is 11.4. The normalized spacial score (nSPS) is 11.5. The van der Waals surface area contributed by atoms with Crippen LogP contribution in [0.25, 0.3) is 0 Å². The maximum Gasteiger partial charge on any atom is 0.223 e. The molecule has 110 valence electrons. The summed E-state index contributed by atoms with van der Waals surface area (Å²) in [5.74, 6) is 0.719. The van der Waals surface area contributed by atoms with Crippen LogP contribution in [-0.2, 0) is 11.2 Å². The molecular formula is C15H22N2O3. The number of benzene rings is 1. The van der Waals surface area contributed by atoms with Gasteiger partial charge in [-0.05, 0) is 38.5 Å². The highest BCUT2D eigenvalue weighted by Crippen LogP contribution is 2.13. The SMILES string of the molecule is C/C(Cc1ccc(OCCC(=O)NC(C)C)cc1)=N\O. The van der Waals surface area contributed by atoms with E-state index in [-0.39, 0.29) is 11.9 Å². The van der Waals surface area contributed by atoms with E-state index in [2.05, 4.69) is 10.5 Å². The molecule has 0 aliphatic carbocycles. The Balaban J connectivity index is 2.36. The van der Waals surface area contributed by atoms with E-state index in [1.54, 1.807) is 6.92 Å². The van der Waals surface area contributed by atoms with Crippen molar-refractivity contribution in [2.75, 3.05) is 6.61 Å². The Labute approximate surface area is 119 Å². The van der Waals surface area contributed by atoms with Gasteiger partial charge in [0.15, 0.2) is 0 Å². The zero-order chi connectivity index (χ0) is 15.0. The third-order valence-electron chi connectivity index (χ3n) is 2.60. The van der Waals surface area contributed by atoms with Crippen molar-refractivity contribution in [1.29, 1.82) is 0 Å². The molecule has 5 heteroatoms. The molecule has 1 rings (SSSR count). The molecule has 1 aromatic carbocycles. The summed E-state index contributed by atoms with van der Waals surface area (Å²) in [6.07, 6.45) is 0.948. The fraction of sp³-hybridized carbons (Fsp3) is 0.467. The lowest BCUT2D eigenvalue weighted by molar-refractivity contribution is -0.122. The molecule has 0 radical (unpaired) electrons. The number of hydrogen-bond acceptors (Lipinski definition) is 4. The van der Waals surface area contributed by atoms with E-state index in [4.69, 9.17) is 9.94 Å². The van der Waals surface area contributed by atoms with Gasteiger partial charge in [-0.1, -0.05) is 17.3 Å². The summed E-state index contributed by atoms with van der Waals surface area (Å²) in [6.45, 7) is 5.97. The van der Waals surface area contributed by atoms with Crippen molar-refractivity contribution in [2.24, 2.45) is 5.16 Å². The predicted octanol–water partition coefficient (Wildman–Crippen LogP) is 2.37. The minimum atomic E-state index is -0.00796. The zero-order valence-electron chi connectivity index (χ0n) is 12.2. The number of nitrogens with zero attached hydrogens (tertiary/aromatic N) is 1. The van der Waals surface area contributed by atoms with Crippen molar-refractivity contribution >= 4 is 11.6 Å². The monoisotopic (exact) mass is 278 g/mol. The molecule has 20 heavy (non-hydrogen) atoms. The standard InChI is InChI=1S/C15H22N2O3/c1-11(2)16-15(18)8-9-20-14-6-4-13(5-7-14)10-12(3)17-19/h4-7,11,19H,8-10H2,1-3H3,(H,16,18)/b17-12+. The molecule has 0 aliphatic heterocycles. The fourth-order valence-corrected chi connectivity index (χ4v) is 1.69. The van der Waals surface area contributed by atoms with E-state index in [1.807, 2.05) is 38.1 Å². The molecule has 0 bridgehead atoms. The van der Waals surface area contributed by atoms with Crippen LogP contribution in [0.1, 0.15) is 32.8 Å². The smallest absolute Gasteiger partial charge is 0.223 e. The Morgan fingerprint density at radius 1 is 1.35 bits per heavy atom. The van der Waals surface area contributed by atoms with Crippen LogP contribution in [-0.4, -0.2) is 29.5 Å². The minimum Gasteiger partial charge on any atom is -0.493 e. The topological polar surface area (TPSA) is 70.9 Å². The van der Waals surface area contributed by atoms with Gasteiger partial charge in [-0.2, -0.15) is 0 Å². The number of rotatable bonds is 7. The summed E-state index contributed by atoms with van der Waals surface area (Å²) in [5, 5.41) is 14.6. The van der Waals surface area contributed by atoms with Crippen LogP contribution in [0.15, 0.2) is 29.4 Å². The summed E-state index contributed by atoms with van der Waals surface area (Å²) >= 11 is 0. The Morgan fingerprint density at radius 2 is 2.00 bits per heavy atom. The molecule has 0 heterocycles. The van der Waals surface area contributed by atoms with E-state index >= 15 is 0 Å². The highest BCUT2D eigenvalue weighted by molar-refractivity contribution is 5.83. The van der Waals surface area contributed by atoms with Gasteiger partial charge in [0.25, 0.3) is 0 Å². The molecule has 5 nitrogen and oxygen atoms in total. The van der Waals surface area contributed by atoms with Gasteiger partial charge in [0, 0.05) is 12.5 Å². The highest BCUT2D eigenvalue weighted by Gasteiger charge is 2.03. The van der Waals surface area contributed by atoms with Gasteiger partial charge in [0.1, 0.15) is 5.75 Å². The molecule has 1 aromatic rings. The fourth-order valence-electron chi connectivity index (χ4n) is 1.69. The second-order valence-corrected chi connectivity index (χ2v) is 4.98. The number of amides is 1. The Morgan fingerprint density at radius 3 is 2.55 bits per heavy atom. The molecule has 0 fully saturated rings. The first kappa shape index (κ1) is 16.0. The van der Waals surface area contributed by atoms with Gasteiger partial charge in [-0.15, -0.1) is 0 Å². The van der Waals surface area contributed by atoms with E-state index in [9.17, 15) is 4.79 Å². The number of ether oxygens (including phenoxy) is 1. The largest absolute Gasteiger partial charge is 0.493 e. The van der Waals surface area contributed by atoms with E-state index in [0.29, 0.717) is 25.2 Å². The summed E-state index contributed by atoms with van der Waals surface area (Å²) in [6, 6.07) is 7.68. The number of carbonyl (C=O) groups excluding carboxylic acids is 1. The number of nitrogens with one attached hydrogen (secondary N) is 1. The van der Waals surface area contributed by atoms with Crippen molar-refractivity contribution in [3.05, 3.63) is 29.8 Å². The molecule has 0 unspecified atom stereocenters. The number of hydrogen-bond donors (Lipinski definition) is 2. The summed E-state index contributed by atoms with van der Waals surface area (Å²) in [5.41, 5.74) is 1.70. The van der Waals surface area contributed by atoms with Gasteiger partial charge >= 0.3 is 0 Å². The van der Waals surface area contributed by atoms with E-state index in [1.165, 1.54) is 0 Å². The van der Waals surface area contributed by atoms with Gasteiger partial charge in [0.05, 0.1) is 18.7 Å². The molecule has 1 amide bonds. The first-order chi connectivity index (χ1) is 9.51. The number of oxime groups is 1. The lowest BCUT2D eigenvalue weighted by Gasteiger charge is -2.09. The van der Waals surface area contributed by atoms with Crippen LogP contribution in [0.2, 0.25) is 0 Å². The van der Waals surface area contributed by atoms with Crippen LogP contribution in [0, 0.1) is 0 Å². The van der Waals surface area contributed by atoms with E-state index < -0.39 is 0 Å².